The number of fused-ring (bicyclic) bond motifs is 1. The Hall–Kier alpha value is -3.71. The number of benzene rings is 1. The number of allylic oxidation sites excluding steroid dienone is 1. The van der Waals surface area contributed by atoms with Gasteiger partial charge in [-0.2, -0.15) is 0 Å². The Morgan fingerprint density at radius 2 is 2.15 bits per heavy atom. The summed E-state index contributed by atoms with van der Waals surface area (Å²) in [6.45, 7) is 10.1. The number of nitrogens with zero attached hydrogens (tertiary/aromatic N) is 2. The normalized spacial score (nSPS) is 16.1. The van der Waals surface area contributed by atoms with E-state index >= 15 is 0 Å². The zero-order chi connectivity index (χ0) is 24.4. The summed E-state index contributed by atoms with van der Waals surface area (Å²) in [5.74, 6) is -0.111. The number of halogens is 1. The van der Waals surface area contributed by atoms with Crippen LogP contribution in [0.4, 0.5) is 0 Å². The first kappa shape index (κ1) is 23.4. The number of hydrogen-bond donors (Lipinski definition) is 4. The second-order valence-corrected chi connectivity index (χ2v) is 8.92. The molecule has 3 heterocycles. The highest BCUT2D eigenvalue weighted by Gasteiger charge is 2.32. The molecule has 176 valence electrons. The maximum atomic E-state index is 13.0. The van der Waals surface area contributed by atoms with E-state index in [9.17, 15) is 4.79 Å². The number of hydrogen-bond acceptors (Lipinski definition) is 4. The third-order valence-corrected chi connectivity index (χ3v) is 6.29. The summed E-state index contributed by atoms with van der Waals surface area (Å²) in [6.07, 6.45) is 9.31. The van der Waals surface area contributed by atoms with Gasteiger partial charge in [0.05, 0.1) is 28.0 Å². The molecular formula is C26H29ClN6O. The summed E-state index contributed by atoms with van der Waals surface area (Å²) >= 11 is 6.62. The van der Waals surface area contributed by atoms with Crippen LogP contribution >= 0.6 is 11.6 Å². The number of amidine groups is 1. The largest absolute Gasteiger partial charge is 0.384 e. The summed E-state index contributed by atoms with van der Waals surface area (Å²) < 4.78 is 0. The SMILES string of the molecule is C=C1c2[nH]c(C)cc2C(c2ccc(C(=O)N3CC(N/C=C\C(=N)N)C3)c(Cl)c2)=CN1C/C=C/C. The van der Waals surface area contributed by atoms with Gasteiger partial charge in [0.1, 0.15) is 5.84 Å². The van der Waals surface area contributed by atoms with E-state index in [4.69, 9.17) is 22.7 Å². The maximum absolute atomic E-state index is 13.0. The van der Waals surface area contributed by atoms with Crippen molar-refractivity contribution in [3.05, 3.63) is 94.6 Å². The number of likely N-dealkylation sites (tertiary alicyclic amines) is 1. The van der Waals surface area contributed by atoms with Crippen LogP contribution in [0.25, 0.3) is 11.3 Å². The van der Waals surface area contributed by atoms with E-state index in [2.05, 4.69) is 40.1 Å². The van der Waals surface area contributed by atoms with Gasteiger partial charge < -0.3 is 25.8 Å². The maximum Gasteiger partial charge on any atom is 0.255 e. The first-order chi connectivity index (χ1) is 16.3. The van der Waals surface area contributed by atoms with Crippen molar-refractivity contribution < 1.29 is 4.79 Å². The highest BCUT2D eigenvalue weighted by molar-refractivity contribution is 6.34. The molecule has 8 heteroatoms. The Bertz CT molecular complexity index is 1230. The van der Waals surface area contributed by atoms with Crippen molar-refractivity contribution in [2.75, 3.05) is 19.6 Å². The van der Waals surface area contributed by atoms with Gasteiger partial charge in [-0.1, -0.05) is 36.4 Å². The van der Waals surface area contributed by atoms with Gasteiger partial charge in [-0.25, -0.2) is 0 Å². The molecule has 2 aromatic rings. The van der Waals surface area contributed by atoms with Crippen LogP contribution in [0.1, 0.15) is 39.8 Å². The smallest absolute Gasteiger partial charge is 0.255 e. The van der Waals surface area contributed by atoms with Gasteiger partial charge in [0.15, 0.2) is 0 Å². The van der Waals surface area contributed by atoms with Crippen LogP contribution in [0.15, 0.2) is 61.5 Å². The third kappa shape index (κ3) is 4.65. The van der Waals surface area contributed by atoms with E-state index < -0.39 is 0 Å². The fourth-order valence-corrected chi connectivity index (χ4v) is 4.40. The molecule has 7 nitrogen and oxygen atoms in total. The Morgan fingerprint density at radius 3 is 2.82 bits per heavy atom. The Labute approximate surface area is 204 Å². The number of carbonyl (C=O) groups excluding carboxylic acids is 1. The second kappa shape index (κ2) is 9.65. The lowest BCUT2D eigenvalue weighted by Crippen LogP contribution is -2.58. The molecule has 1 amide bonds. The van der Waals surface area contributed by atoms with Gasteiger partial charge in [-0.3, -0.25) is 10.2 Å². The van der Waals surface area contributed by atoms with Crippen LogP contribution in [0.2, 0.25) is 5.02 Å². The molecule has 2 aliphatic heterocycles. The minimum Gasteiger partial charge on any atom is -0.384 e. The number of nitrogens with two attached hydrogens (primary N) is 1. The van der Waals surface area contributed by atoms with Crippen molar-refractivity contribution in [1.82, 2.24) is 20.1 Å². The fourth-order valence-electron chi connectivity index (χ4n) is 4.14. The number of aryl methyl sites for hydroxylation is 1. The fraction of sp³-hybridized carbons (Fsp3) is 0.231. The molecular weight excluding hydrogens is 448 g/mol. The summed E-state index contributed by atoms with van der Waals surface area (Å²) in [5, 5.41) is 10.8. The summed E-state index contributed by atoms with van der Waals surface area (Å²) in [4.78, 5) is 20.2. The van der Waals surface area contributed by atoms with Gasteiger partial charge in [-0.15, -0.1) is 0 Å². The van der Waals surface area contributed by atoms with Crippen molar-refractivity contribution in [2.24, 2.45) is 5.73 Å². The Kier molecular flexibility index (Phi) is 6.65. The number of aromatic nitrogens is 1. The van der Waals surface area contributed by atoms with Crippen molar-refractivity contribution in [1.29, 1.82) is 5.41 Å². The predicted octanol–water partition coefficient (Wildman–Crippen LogP) is 4.09. The van der Waals surface area contributed by atoms with Crippen LogP contribution in [-0.2, 0) is 0 Å². The molecule has 34 heavy (non-hydrogen) atoms. The van der Waals surface area contributed by atoms with Crippen molar-refractivity contribution in [3.8, 4) is 0 Å². The number of amides is 1. The van der Waals surface area contributed by atoms with E-state index in [1.165, 1.54) is 6.08 Å². The topological polar surface area (TPSA) is 101 Å². The molecule has 0 saturated carbocycles. The minimum absolute atomic E-state index is 0.0177. The van der Waals surface area contributed by atoms with Gasteiger partial charge in [0, 0.05) is 48.9 Å². The zero-order valence-electron chi connectivity index (χ0n) is 19.4. The molecule has 1 saturated heterocycles. The van der Waals surface area contributed by atoms with Gasteiger partial charge in [0.25, 0.3) is 5.91 Å². The number of nitrogens with one attached hydrogen (secondary N) is 3. The Morgan fingerprint density at radius 1 is 1.38 bits per heavy atom. The molecule has 0 spiro atoms. The summed E-state index contributed by atoms with van der Waals surface area (Å²) in [5.41, 5.74) is 11.8. The number of aromatic amines is 1. The molecule has 4 rings (SSSR count). The van der Waals surface area contributed by atoms with E-state index in [0.29, 0.717) is 30.2 Å². The quantitative estimate of drug-likeness (QED) is 0.274. The molecule has 1 fully saturated rings. The van der Waals surface area contributed by atoms with Gasteiger partial charge in [0.2, 0.25) is 0 Å². The minimum atomic E-state index is -0.0935. The zero-order valence-corrected chi connectivity index (χ0v) is 20.1. The number of carbonyl (C=O) groups is 1. The van der Waals surface area contributed by atoms with Crippen LogP contribution in [0.3, 0.4) is 0 Å². The Balaban J connectivity index is 1.54. The molecule has 0 bridgehead atoms. The van der Waals surface area contributed by atoms with Gasteiger partial charge in [-0.05, 0) is 43.7 Å². The van der Waals surface area contributed by atoms with E-state index in [1.54, 1.807) is 17.2 Å². The molecule has 0 aliphatic carbocycles. The molecule has 0 radical (unpaired) electrons. The predicted molar refractivity (Wildman–Crippen MR) is 138 cm³/mol. The van der Waals surface area contributed by atoms with Crippen molar-refractivity contribution >= 4 is 34.6 Å². The monoisotopic (exact) mass is 476 g/mol. The molecule has 2 aliphatic rings. The lowest BCUT2D eigenvalue weighted by Gasteiger charge is -2.39. The molecule has 0 unspecified atom stereocenters. The molecule has 1 aromatic heterocycles. The summed E-state index contributed by atoms with van der Waals surface area (Å²) in [7, 11) is 0. The molecule has 0 atom stereocenters. The third-order valence-electron chi connectivity index (χ3n) is 5.97. The summed E-state index contributed by atoms with van der Waals surface area (Å²) in [6, 6.07) is 7.86. The number of H-pyrrole nitrogens is 1. The first-order valence-corrected chi connectivity index (χ1v) is 11.5. The van der Waals surface area contributed by atoms with Gasteiger partial charge >= 0.3 is 0 Å². The highest BCUT2D eigenvalue weighted by Crippen LogP contribution is 2.38. The average molecular weight is 477 g/mol. The highest BCUT2D eigenvalue weighted by atomic mass is 35.5. The van der Waals surface area contributed by atoms with Crippen LogP contribution < -0.4 is 11.1 Å². The lowest BCUT2D eigenvalue weighted by molar-refractivity contribution is 0.0583. The van der Waals surface area contributed by atoms with Crippen LogP contribution in [-0.4, -0.2) is 52.2 Å². The molecule has 5 N–H and O–H groups in total. The second-order valence-electron chi connectivity index (χ2n) is 8.51. The molecule has 1 aromatic carbocycles. The lowest BCUT2D eigenvalue weighted by atomic mass is 9.93. The number of rotatable bonds is 7. The van der Waals surface area contributed by atoms with Crippen LogP contribution in [0, 0.1) is 12.3 Å². The van der Waals surface area contributed by atoms with E-state index in [-0.39, 0.29) is 17.8 Å². The average Bonchev–Trinajstić information content (AvgIpc) is 3.16. The van der Waals surface area contributed by atoms with Crippen molar-refractivity contribution in [2.45, 2.75) is 19.9 Å². The standard InChI is InChI=1S/C26H29ClN6O/c1-4-5-10-32-15-22(21-11-16(2)31-25(21)17(32)3)18-6-7-20(23(27)12-18)26(34)33-13-19(14-33)30-9-8-24(28)29/h4-9,11-12,15,19,30-31H,3,10,13-14H2,1-2H3,(H3,28,29)/b5-4+,9-8-. The van der Waals surface area contributed by atoms with Crippen molar-refractivity contribution in [3.63, 3.8) is 0 Å². The van der Waals surface area contributed by atoms with E-state index in [1.807, 2.05) is 32.1 Å². The van der Waals surface area contributed by atoms with E-state index in [0.717, 1.165) is 33.8 Å². The van der Waals surface area contributed by atoms with Crippen LogP contribution in [0.5, 0.6) is 0 Å². The first-order valence-electron chi connectivity index (χ1n) is 11.1.